The molecule has 0 unspecified atom stereocenters. The highest BCUT2D eigenvalue weighted by Gasteiger charge is 2.16. The molecule has 1 aromatic rings. The molecule has 0 aromatic heterocycles. The van der Waals surface area contributed by atoms with Crippen molar-refractivity contribution in [3.63, 3.8) is 0 Å². The van der Waals surface area contributed by atoms with Crippen molar-refractivity contribution < 1.29 is 13.9 Å². The summed E-state index contributed by atoms with van der Waals surface area (Å²) in [6, 6.07) is 7.84. The zero-order valence-electron chi connectivity index (χ0n) is 10.6. The number of methoxy groups -OCH3 is 2. The molecule has 1 aromatic carbocycles. The minimum absolute atomic E-state index is 0.305. The van der Waals surface area contributed by atoms with Crippen molar-refractivity contribution in [1.82, 2.24) is 0 Å². The van der Waals surface area contributed by atoms with Gasteiger partial charge < -0.3 is 13.9 Å². The molecule has 0 N–H and O–H groups in total. The lowest BCUT2D eigenvalue weighted by Gasteiger charge is -2.20. The van der Waals surface area contributed by atoms with E-state index < -0.39 is 8.32 Å². The maximum Gasteiger partial charge on any atom is 0.242 e. The van der Waals surface area contributed by atoms with Gasteiger partial charge in [0.2, 0.25) is 8.32 Å². The third kappa shape index (κ3) is 3.96. The molecule has 3 nitrogen and oxygen atoms in total. The average Bonchev–Trinajstić information content (AvgIpc) is 2.20. The van der Waals surface area contributed by atoms with Crippen LogP contribution in [-0.4, -0.2) is 22.5 Å². The summed E-state index contributed by atoms with van der Waals surface area (Å²) in [5.41, 5.74) is 0.993. The molecule has 90 valence electrons. The Morgan fingerprint density at radius 1 is 0.938 bits per heavy atom. The predicted molar refractivity (Wildman–Crippen MR) is 67.2 cm³/mol. The fourth-order valence-electron chi connectivity index (χ4n) is 1.41. The molecule has 0 amide bonds. The highest BCUT2D eigenvalue weighted by Crippen LogP contribution is 2.22. The molecular weight excluding hydrogens is 220 g/mol. The Kier molecular flexibility index (Phi) is 4.52. The van der Waals surface area contributed by atoms with E-state index in [1.54, 1.807) is 14.2 Å². The third-order valence-corrected chi connectivity index (χ3v) is 2.85. The van der Waals surface area contributed by atoms with E-state index in [0.29, 0.717) is 0 Å². The lowest BCUT2D eigenvalue weighted by Crippen LogP contribution is -2.29. The minimum atomic E-state index is -1.52. The number of hydrogen-bond donors (Lipinski definition) is 0. The van der Waals surface area contributed by atoms with Crippen molar-refractivity contribution >= 4 is 8.32 Å². The first-order valence-electron chi connectivity index (χ1n) is 5.31. The van der Waals surface area contributed by atoms with Crippen molar-refractivity contribution in [2.24, 2.45) is 0 Å². The third-order valence-electron chi connectivity index (χ3n) is 2.00. The van der Waals surface area contributed by atoms with Crippen LogP contribution in [0.4, 0.5) is 0 Å². The lowest BCUT2D eigenvalue weighted by atomic mass is 10.2. The van der Waals surface area contributed by atoms with Gasteiger partial charge in [0, 0.05) is 19.8 Å². The maximum absolute atomic E-state index is 5.86. The molecule has 0 bridgehead atoms. The van der Waals surface area contributed by atoms with E-state index in [0.717, 1.165) is 11.3 Å². The molecule has 0 saturated heterocycles. The molecule has 0 heterocycles. The lowest BCUT2D eigenvalue weighted by molar-refractivity contribution is -0.106. The molecule has 0 aliphatic carbocycles. The minimum Gasteiger partial charge on any atom is -0.544 e. The van der Waals surface area contributed by atoms with Crippen LogP contribution in [0.25, 0.3) is 0 Å². The van der Waals surface area contributed by atoms with Gasteiger partial charge in [0.05, 0.1) is 0 Å². The standard InChI is InChI=1S/C12H20O3Si/c1-13-12(14-2)10-6-8-11(9-7-10)15-16(3,4)5/h6-9,12H,1-5H3. The van der Waals surface area contributed by atoms with Crippen LogP contribution in [0, 0.1) is 0 Å². The molecule has 0 atom stereocenters. The molecule has 4 heteroatoms. The van der Waals surface area contributed by atoms with Crippen molar-refractivity contribution in [2.75, 3.05) is 14.2 Å². The molecule has 0 radical (unpaired) electrons. The average molecular weight is 240 g/mol. The summed E-state index contributed by atoms with van der Waals surface area (Å²) in [4.78, 5) is 0. The van der Waals surface area contributed by atoms with Gasteiger partial charge in [0.1, 0.15) is 5.75 Å². The zero-order valence-corrected chi connectivity index (χ0v) is 11.6. The van der Waals surface area contributed by atoms with Crippen LogP contribution in [0.3, 0.4) is 0 Å². The first-order chi connectivity index (χ1) is 7.46. The number of hydrogen-bond acceptors (Lipinski definition) is 3. The Labute approximate surface area is 98.5 Å². The Morgan fingerprint density at radius 3 is 1.81 bits per heavy atom. The Hall–Kier alpha value is -0.843. The quantitative estimate of drug-likeness (QED) is 0.584. The smallest absolute Gasteiger partial charge is 0.242 e. The highest BCUT2D eigenvalue weighted by atomic mass is 28.4. The zero-order chi connectivity index (χ0) is 12.2. The molecule has 16 heavy (non-hydrogen) atoms. The highest BCUT2D eigenvalue weighted by molar-refractivity contribution is 6.70. The van der Waals surface area contributed by atoms with Crippen molar-refractivity contribution in [3.05, 3.63) is 29.8 Å². The first kappa shape index (κ1) is 13.2. The Morgan fingerprint density at radius 2 is 1.44 bits per heavy atom. The van der Waals surface area contributed by atoms with Crippen LogP contribution in [0.2, 0.25) is 19.6 Å². The van der Waals surface area contributed by atoms with E-state index in [4.69, 9.17) is 13.9 Å². The molecule has 0 spiro atoms. The van der Waals surface area contributed by atoms with Gasteiger partial charge in [-0.15, -0.1) is 0 Å². The van der Waals surface area contributed by atoms with Crippen molar-refractivity contribution in [3.8, 4) is 5.75 Å². The van der Waals surface area contributed by atoms with Crippen LogP contribution in [0.5, 0.6) is 5.75 Å². The van der Waals surface area contributed by atoms with E-state index in [2.05, 4.69) is 19.6 Å². The van der Waals surface area contributed by atoms with Crippen LogP contribution < -0.4 is 4.43 Å². The summed E-state index contributed by atoms with van der Waals surface area (Å²) >= 11 is 0. The van der Waals surface area contributed by atoms with Crippen molar-refractivity contribution in [1.29, 1.82) is 0 Å². The van der Waals surface area contributed by atoms with Gasteiger partial charge in [-0.3, -0.25) is 0 Å². The summed E-state index contributed by atoms with van der Waals surface area (Å²) in [5, 5.41) is 0. The fraction of sp³-hybridized carbons (Fsp3) is 0.500. The number of rotatable bonds is 5. The fourth-order valence-corrected chi connectivity index (χ4v) is 2.26. The molecule has 0 saturated carbocycles. The second-order valence-corrected chi connectivity index (χ2v) is 9.02. The first-order valence-corrected chi connectivity index (χ1v) is 8.71. The van der Waals surface area contributed by atoms with E-state index >= 15 is 0 Å². The second-order valence-electron chi connectivity index (χ2n) is 4.59. The summed E-state index contributed by atoms with van der Waals surface area (Å²) in [6.45, 7) is 6.48. The Balaban J connectivity index is 2.75. The van der Waals surface area contributed by atoms with E-state index in [-0.39, 0.29) is 6.29 Å². The van der Waals surface area contributed by atoms with E-state index in [1.165, 1.54) is 0 Å². The normalized spacial score (nSPS) is 11.9. The monoisotopic (exact) mass is 240 g/mol. The van der Waals surface area contributed by atoms with Gasteiger partial charge in [-0.05, 0) is 31.8 Å². The van der Waals surface area contributed by atoms with Crippen LogP contribution >= 0.6 is 0 Å². The predicted octanol–water partition coefficient (Wildman–Crippen LogP) is 3.19. The topological polar surface area (TPSA) is 27.7 Å². The van der Waals surface area contributed by atoms with Crippen molar-refractivity contribution in [2.45, 2.75) is 25.9 Å². The second kappa shape index (κ2) is 5.47. The molecule has 0 fully saturated rings. The molecule has 0 aliphatic rings. The molecule has 0 aliphatic heterocycles. The molecular formula is C12H20O3Si. The Bertz CT molecular complexity index is 312. The van der Waals surface area contributed by atoms with E-state index in [1.807, 2.05) is 24.3 Å². The summed E-state index contributed by atoms with van der Waals surface area (Å²) in [6.07, 6.45) is -0.305. The van der Waals surface area contributed by atoms with Gasteiger partial charge in [0.25, 0.3) is 0 Å². The molecule has 1 rings (SSSR count). The van der Waals surface area contributed by atoms with Gasteiger partial charge in [-0.25, -0.2) is 0 Å². The van der Waals surface area contributed by atoms with Crippen LogP contribution in [-0.2, 0) is 9.47 Å². The van der Waals surface area contributed by atoms with Crippen LogP contribution in [0.1, 0.15) is 11.9 Å². The summed E-state index contributed by atoms with van der Waals surface area (Å²) in [7, 11) is 1.73. The summed E-state index contributed by atoms with van der Waals surface area (Å²) in [5.74, 6) is 0.911. The maximum atomic E-state index is 5.86. The van der Waals surface area contributed by atoms with Gasteiger partial charge in [-0.1, -0.05) is 12.1 Å². The van der Waals surface area contributed by atoms with Gasteiger partial charge in [-0.2, -0.15) is 0 Å². The summed E-state index contributed by atoms with van der Waals surface area (Å²) < 4.78 is 16.2. The largest absolute Gasteiger partial charge is 0.544 e. The van der Waals surface area contributed by atoms with Crippen LogP contribution in [0.15, 0.2) is 24.3 Å². The van der Waals surface area contributed by atoms with Gasteiger partial charge in [0.15, 0.2) is 6.29 Å². The van der Waals surface area contributed by atoms with E-state index in [9.17, 15) is 0 Å². The van der Waals surface area contributed by atoms with Gasteiger partial charge >= 0.3 is 0 Å². The number of ether oxygens (including phenoxy) is 2. The SMILES string of the molecule is COC(OC)c1ccc(O[Si](C)(C)C)cc1. The number of benzene rings is 1.